The van der Waals surface area contributed by atoms with Crippen molar-refractivity contribution in [1.29, 1.82) is 0 Å². The van der Waals surface area contributed by atoms with Gasteiger partial charge >= 0.3 is 5.97 Å². The number of phenols is 1. The maximum atomic E-state index is 12.8. The number of phenolic OH excluding ortho intramolecular Hbond substituents is 1. The Hall–Kier alpha value is -3.87. The largest absolute Gasteiger partial charge is 0.508 e. The number of piperidine rings is 1. The highest BCUT2D eigenvalue weighted by molar-refractivity contribution is 5.99. The molecule has 2 aliphatic heterocycles. The molecular weight excluding hydrogens is 480 g/mol. The van der Waals surface area contributed by atoms with Gasteiger partial charge in [0, 0.05) is 19.5 Å². The Balaban J connectivity index is 1.36. The van der Waals surface area contributed by atoms with Crippen LogP contribution in [0.15, 0.2) is 78.0 Å². The molecule has 0 spiro atoms. The number of nitrogens with zero attached hydrogens (tertiary/aromatic N) is 2. The first kappa shape index (κ1) is 27.2. The van der Waals surface area contributed by atoms with Crippen LogP contribution in [0, 0.1) is 5.92 Å². The molecule has 200 valence electrons. The highest BCUT2D eigenvalue weighted by atomic mass is 16.6. The molecule has 0 atom stereocenters. The molecule has 0 radical (unpaired) electrons. The number of aromatic hydroxyl groups is 1. The molecule has 7 nitrogen and oxygen atoms in total. The zero-order valence-electron chi connectivity index (χ0n) is 21.8. The maximum absolute atomic E-state index is 12.8. The average molecular weight is 517 g/mol. The Bertz CT molecular complexity index is 1160. The number of carbonyl (C=O) groups excluding carboxylic acids is 2. The second-order valence-corrected chi connectivity index (χ2v) is 9.76. The fourth-order valence-electron chi connectivity index (χ4n) is 4.78. The van der Waals surface area contributed by atoms with Crippen molar-refractivity contribution in [3.05, 3.63) is 89.5 Å². The molecule has 1 saturated heterocycles. The number of fused-ring (bicyclic) bond motifs is 1. The third kappa shape index (κ3) is 8.33. The Kier molecular flexibility index (Phi) is 10.1. The van der Waals surface area contributed by atoms with Gasteiger partial charge in [0.2, 0.25) is 0 Å². The highest BCUT2D eigenvalue weighted by Gasteiger charge is 2.23. The molecule has 0 aliphatic carbocycles. The van der Waals surface area contributed by atoms with E-state index in [1.165, 1.54) is 17.7 Å². The summed E-state index contributed by atoms with van der Waals surface area (Å²) >= 11 is 0. The molecule has 0 aromatic heterocycles. The van der Waals surface area contributed by atoms with E-state index in [2.05, 4.69) is 35.5 Å². The monoisotopic (exact) mass is 516 g/mol. The number of carbonyl (C=O) groups is 2. The minimum Gasteiger partial charge on any atom is -0.508 e. The van der Waals surface area contributed by atoms with Crippen LogP contribution in [0.3, 0.4) is 0 Å². The lowest BCUT2D eigenvalue weighted by atomic mass is 9.90. The summed E-state index contributed by atoms with van der Waals surface area (Å²) in [6.45, 7) is 1.59. The summed E-state index contributed by atoms with van der Waals surface area (Å²) in [6, 6.07) is 15.0. The van der Waals surface area contributed by atoms with Crippen LogP contribution in [-0.2, 0) is 27.2 Å². The van der Waals surface area contributed by atoms with Crippen molar-refractivity contribution < 1.29 is 24.3 Å². The first-order valence-corrected chi connectivity index (χ1v) is 13.4. The first-order chi connectivity index (χ1) is 18.6. The zero-order chi connectivity index (χ0) is 26.6. The van der Waals surface area contributed by atoms with Crippen molar-refractivity contribution in [1.82, 2.24) is 4.90 Å². The normalized spacial score (nSPS) is 20.2. The lowest BCUT2D eigenvalue weighted by molar-refractivity contribution is -0.137. The van der Waals surface area contributed by atoms with Gasteiger partial charge in [-0.3, -0.25) is 4.79 Å². The smallest absolute Gasteiger partial charge is 0.338 e. The number of hydrogen-bond donors (Lipinski definition) is 1. The fraction of sp³-hybridized carbons (Fsp3) is 0.387. The summed E-state index contributed by atoms with van der Waals surface area (Å²) in [5.74, 6) is 0.107. The van der Waals surface area contributed by atoms with Gasteiger partial charge in [-0.2, -0.15) is 0 Å². The molecule has 2 aromatic rings. The van der Waals surface area contributed by atoms with Gasteiger partial charge in [-0.15, -0.1) is 0 Å². The average Bonchev–Trinajstić information content (AvgIpc) is 2.92. The highest BCUT2D eigenvalue weighted by Crippen LogP contribution is 2.22. The van der Waals surface area contributed by atoms with E-state index in [0.29, 0.717) is 35.8 Å². The third-order valence-corrected chi connectivity index (χ3v) is 6.88. The second-order valence-electron chi connectivity index (χ2n) is 9.76. The van der Waals surface area contributed by atoms with Gasteiger partial charge in [-0.1, -0.05) is 53.7 Å². The van der Waals surface area contributed by atoms with Crippen LogP contribution in [0.4, 0.5) is 0 Å². The Morgan fingerprint density at radius 3 is 2.61 bits per heavy atom. The second kappa shape index (κ2) is 14.2. The van der Waals surface area contributed by atoms with E-state index >= 15 is 0 Å². The summed E-state index contributed by atoms with van der Waals surface area (Å²) in [6.07, 6.45) is 13.5. The topological polar surface area (TPSA) is 88.4 Å². The van der Waals surface area contributed by atoms with E-state index in [-0.39, 0.29) is 24.7 Å². The summed E-state index contributed by atoms with van der Waals surface area (Å²) in [5, 5.41) is 14.3. The molecule has 4 rings (SSSR count). The molecule has 2 aliphatic rings. The molecule has 38 heavy (non-hydrogen) atoms. The van der Waals surface area contributed by atoms with Gasteiger partial charge in [0.15, 0.2) is 6.61 Å². The predicted molar refractivity (Wildman–Crippen MR) is 147 cm³/mol. The number of amides is 1. The van der Waals surface area contributed by atoms with E-state index in [1.54, 1.807) is 6.07 Å². The summed E-state index contributed by atoms with van der Waals surface area (Å²) < 4.78 is 5.40. The van der Waals surface area contributed by atoms with Crippen molar-refractivity contribution in [2.75, 3.05) is 26.3 Å². The molecule has 0 unspecified atom stereocenters. The number of benzene rings is 2. The van der Waals surface area contributed by atoms with Gasteiger partial charge in [0.05, 0.1) is 17.9 Å². The quantitative estimate of drug-likeness (QED) is 0.334. The van der Waals surface area contributed by atoms with Crippen molar-refractivity contribution in [2.24, 2.45) is 11.1 Å². The lowest BCUT2D eigenvalue weighted by Gasteiger charge is -2.31. The number of cyclic esters (lactones) is 1. The van der Waals surface area contributed by atoms with E-state index in [0.717, 1.165) is 45.2 Å². The Labute approximate surface area is 224 Å². The molecule has 1 amide bonds. The van der Waals surface area contributed by atoms with Crippen molar-refractivity contribution in [3.63, 3.8) is 0 Å². The molecule has 2 heterocycles. The SMILES string of the molecule is O=C1OCC/C=C/CC/C=C/C(=N/OCC(=O)N2CCC(Cc3ccccc3)CC2)Cc2cc(O)ccc21. The van der Waals surface area contributed by atoms with Crippen LogP contribution in [0.2, 0.25) is 0 Å². The number of ether oxygens (including phenoxy) is 1. The first-order valence-electron chi connectivity index (χ1n) is 13.4. The Morgan fingerprint density at radius 2 is 1.79 bits per heavy atom. The van der Waals surface area contributed by atoms with Crippen LogP contribution in [0.5, 0.6) is 5.75 Å². The van der Waals surface area contributed by atoms with Gasteiger partial charge in [-0.25, -0.2) is 4.79 Å². The minimum absolute atomic E-state index is 0.0516. The van der Waals surface area contributed by atoms with E-state index in [1.807, 2.05) is 29.2 Å². The van der Waals surface area contributed by atoms with Gasteiger partial charge in [0.25, 0.3) is 5.91 Å². The van der Waals surface area contributed by atoms with E-state index in [4.69, 9.17) is 9.57 Å². The maximum Gasteiger partial charge on any atom is 0.338 e. The zero-order valence-corrected chi connectivity index (χ0v) is 21.8. The van der Waals surface area contributed by atoms with E-state index in [9.17, 15) is 14.7 Å². The summed E-state index contributed by atoms with van der Waals surface area (Å²) in [7, 11) is 0. The van der Waals surface area contributed by atoms with Crippen molar-refractivity contribution in [2.45, 2.75) is 44.9 Å². The minimum atomic E-state index is -0.444. The number of likely N-dealkylation sites (tertiary alicyclic amines) is 1. The van der Waals surface area contributed by atoms with E-state index < -0.39 is 5.97 Å². The lowest BCUT2D eigenvalue weighted by Crippen LogP contribution is -2.40. The number of hydrogen-bond acceptors (Lipinski definition) is 6. The molecule has 0 bridgehead atoms. The number of esters is 1. The number of allylic oxidation sites excluding steroid dienone is 3. The van der Waals surface area contributed by atoms with Crippen LogP contribution >= 0.6 is 0 Å². The molecular formula is C31H36N2O5. The van der Waals surface area contributed by atoms with Crippen molar-refractivity contribution >= 4 is 17.6 Å². The van der Waals surface area contributed by atoms with Crippen LogP contribution in [0.1, 0.15) is 53.6 Å². The van der Waals surface area contributed by atoms with Crippen molar-refractivity contribution in [3.8, 4) is 5.75 Å². The summed E-state index contributed by atoms with van der Waals surface area (Å²) in [4.78, 5) is 32.8. The van der Waals surface area contributed by atoms with Crippen LogP contribution < -0.4 is 0 Å². The van der Waals surface area contributed by atoms with Gasteiger partial charge < -0.3 is 19.6 Å². The van der Waals surface area contributed by atoms with Gasteiger partial charge in [-0.05, 0) is 79.8 Å². The van der Waals surface area contributed by atoms with Crippen LogP contribution in [-0.4, -0.2) is 53.9 Å². The third-order valence-electron chi connectivity index (χ3n) is 6.88. The summed E-state index contributed by atoms with van der Waals surface area (Å²) in [5.41, 5.74) is 2.85. The molecule has 1 N–H and O–H groups in total. The predicted octanol–water partition coefficient (Wildman–Crippen LogP) is 5.24. The molecule has 7 heteroatoms. The number of rotatable bonds is 5. The fourth-order valence-corrected chi connectivity index (χ4v) is 4.78. The molecule has 1 fully saturated rings. The van der Waals surface area contributed by atoms with Crippen LogP contribution in [0.25, 0.3) is 0 Å². The van der Waals surface area contributed by atoms with Gasteiger partial charge in [0.1, 0.15) is 5.75 Å². The number of oxime groups is 1. The Morgan fingerprint density at radius 1 is 1.03 bits per heavy atom. The molecule has 2 aromatic carbocycles. The standard InChI is InChI=1S/C31H36N2O5/c34-28-13-14-29-26(22-28)21-27(12-8-3-1-2-4-9-19-37-31(29)36)32-38-23-30(35)33-17-15-25(16-18-33)20-24-10-6-5-7-11-24/h2,4-8,10-14,22,25,34H,1,3,9,15-21,23H2/b4-2+,12-8+,32-27-. The molecule has 0 saturated carbocycles.